The van der Waals surface area contributed by atoms with Gasteiger partial charge < -0.3 is 14.6 Å². The van der Waals surface area contributed by atoms with Gasteiger partial charge in [-0.25, -0.2) is 0 Å². The van der Waals surface area contributed by atoms with E-state index >= 15 is 0 Å². The fourth-order valence-electron chi connectivity index (χ4n) is 2.07. The average molecular weight is 236 g/mol. The summed E-state index contributed by atoms with van der Waals surface area (Å²) in [6.45, 7) is 3.71. The van der Waals surface area contributed by atoms with Crippen LogP contribution in [0.1, 0.15) is 31.2 Å². The van der Waals surface area contributed by atoms with Crippen LogP contribution in [0.2, 0.25) is 0 Å². The standard InChI is InChI=1S/C14H20O3/c1-11(10-15)13-4-2-3-5-14(13)17-12-6-8-16-9-7-12/h2-5,11-12,15H,6-10H2,1H3. The summed E-state index contributed by atoms with van der Waals surface area (Å²) in [5, 5.41) is 9.24. The quantitative estimate of drug-likeness (QED) is 0.872. The monoisotopic (exact) mass is 236 g/mol. The van der Waals surface area contributed by atoms with E-state index in [1.165, 1.54) is 0 Å². The van der Waals surface area contributed by atoms with Crippen molar-refractivity contribution in [1.29, 1.82) is 0 Å². The maximum absolute atomic E-state index is 9.24. The Morgan fingerprint density at radius 1 is 1.35 bits per heavy atom. The number of aliphatic hydroxyl groups excluding tert-OH is 1. The molecular formula is C14H20O3. The van der Waals surface area contributed by atoms with Gasteiger partial charge in [0.1, 0.15) is 11.9 Å². The molecule has 1 aromatic carbocycles. The van der Waals surface area contributed by atoms with Gasteiger partial charge in [-0.2, -0.15) is 0 Å². The third-order valence-corrected chi connectivity index (χ3v) is 3.19. The summed E-state index contributed by atoms with van der Waals surface area (Å²) in [6, 6.07) is 7.97. The lowest BCUT2D eigenvalue weighted by atomic mass is 10.0. The molecule has 94 valence electrons. The summed E-state index contributed by atoms with van der Waals surface area (Å²) in [5.74, 6) is 1.02. The zero-order valence-electron chi connectivity index (χ0n) is 10.3. The van der Waals surface area contributed by atoms with Crippen LogP contribution in [-0.2, 0) is 4.74 Å². The molecule has 2 rings (SSSR count). The van der Waals surface area contributed by atoms with Gasteiger partial charge in [-0.05, 0) is 11.6 Å². The van der Waals surface area contributed by atoms with Crippen LogP contribution in [0.15, 0.2) is 24.3 Å². The zero-order valence-corrected chi connectivity index (χ0v) is 10.3. The van der Waals surface area contributed by atoms with Crippen LogP contribution in [0, 0.1) is 0 Å². The second-order valence-electron chi connectivity index (χ2n) is 4.55. The van der Waals surface area contributed by atoms with E-state index in [2.05, 4.69) is 0 Å². The summed E-state index contributed by atoms with van der Waals surface area (Å²) in [7, 11) is 0. The Balaban J connectivity index is 2.08. The highest BCUT2D eigenvalue weighted by atomic mass is 16.5. The van der Waals surface area contributed by atoms with Gasteiger partial charge in [-0.15, -0.1) is 0 Å². The second-order valence-corrected chi connectivity index (χ2v) is 4.55. The molecule has 1 unspecified atom stereocenters. The number of aliphatic hydroxyl groups is 1. The van der Waals surface area contributed by atoms with E-state index in [1.54, 1.807) is 0 Å². The first-order chi connectivity index (χ1) is 8.31. The predicted octanol–water partition coefficient (Wildman–Crippen LogP) is 2.34. The van der Waals surface area contributed by atoms with E-state index < -0.39 is 0 Å². The van der Waals surface area contributed by atoms with Gasteiger partial charge in [0, 0.05) is 25.4 Å². The van der Waals surface area contributed by atoms with Crippen LogP contribution in [-0.4, -0.2) is 31.0 Å². The van der Waals surface area contributed by atoms with E-state index in [0.29, 0.717) is 0 Å². The molecule has 17 heavy (non-hydrogen) atoms. The van der Waals surface area contributed by atoms with Crippen molar-refractivity contribution >= 4 is 0 Å². The summed E-state index contributed by atoms with van der Waals surface area (Å²) in [4.78, 5) is 0. The maximum atomic E-state index is 9.24. The molecular weight excluding hydrogens is 216 g/mol. The highest BCUT2D eigenvalue weighted by Gasteiger charge is 2.18. The number of para-hydroxylation sites is 1. The van der Waals surface area contributed by atoms with Gasteiger partial charge >= 0.3 is 0 Å². The van der Waals surface area contributed by atoms with Crippen molar-refractivity contribution in [3.05, 3.63) is 29.8 Å². The molecule has 1 aromatic rings. The molecule has 0 radical (unpaired) electrons. The molecule has 0 spiro atoms. The van der Waals surface area contributed by atoms with Crippen molar-refractivity contribution in [2.45, 2.75) is 31.8 Å². The lowest BCUT2D eigenvalue weighted by Gasteiger charge is -2.25. The van der Waals surface area contributed by atoms with Gasteiger partial charge in [0.2, 0.25) is 0 Å². The summed E-state index contributed by atoms with van der Waals surface area (Å²) in [5.41, 5.74) is 1.08. The summed E-state index contributed by atoms with van der Waals surface area (Å²) >= 11 is 0. The van der Waals surface area contributed by atoms with Crippen LogP contribution in [0.5, 0.6) is 5.75 Å². The van der Waals surface area contributed by atoms with Crippen LogP contribution in [0.4, 0.5) is 0 Å². The van der Waals surface area contributed by atoms with Crippen molar-refractivity contribution in [1.82, 2.24) is 0 Å². The lowest BCUT2D eigenvalue weighted by Crippen LogP contribution is -2.26. The lowest BCUT2D eigenvalue weighted by molar-refractivity contribution is 0.0249. The van der Waals surface area contributed by atoms with E-state index in [-0.39, 0.29) is 18.6 Å². The Hall–Kier alpha value is -1.06. The first-order valence-electron chi connectivity index (χ1n) is 6.25. The van der Waals surface area contributed by atoms with Crippen LogP contribution in [0.25, 0.3) is 0 Å². The van der Waals surface area contributed by atoms with Gasteiger partial charge in [-0.1, -0.05) is 25.1 Å². The minimum absolute atomic E-state index is 0.117. The topological polar surface area (TPSA) is 38.7 Å². The predicted molar refractivity (Wildman–Crippen MR) is 66.4 cm³/mol. The highest BCUT2D eigenvalue weighted by molar-refractivity contribution is 5.36. The highest BCUT2D eigenvalue weighted by Crippen LogP contribution is 2.28. The van der Waals surface area contributed by atoms with Gasteiger partial charge in [0.15, 0.2) is 0 Å². The molecule has 3 nitrogen and oxygen atoms in total. The Kier molecular flexibility index (Phi) is 4.40. The molecule has 0 amide bonds. The maximum Gasteiger partial charge on any atom is 0.123 e. The molecule has 3 heteroatoms. The van der Waals surface area contributed by atoms with Crippen molar-refractivity contribution in [3.63, 3.8) is 0 Å². The van der Waals surface area contributed by atoms with Crippen LogP contribution < -0.4 is 4.74 Å². The van der Waals surface area contributed by atoms with Crippen LogP contribution in [0.3, 0.4) is 0 Å². The molecule has 0 aliphatic carbocycles. The molecule has 1 heterocycles. The molecule has 0 saturated carbocycles. The molecule has 1 saturated heterocycles. The zero-order chi connectivity index (χ0) is 12.1. The molecule has 0 aromatic heterocycles. The Morgan fingerprint density at radius 2 is 2.06 bits per heavy atom. The van der Waals surface area contributed by atoms with Gasteiger partial charge in [0.25, 0.3) is 0 Å². The van der Waals surface area contributed by atoms with E-state index in [1.807, 2.05) is 31.2 Å². The van der Waals surface area contributed by atoms with Crippen molar-refractivity contribution in [2.24, 2.45) is 0 Å². The third-order valence-electron chi connectivity index (χ3n) is 3.19. The SMILES string of the molecule is CC(CO)c1ccccc1OC1CCOCC1. The number of hydrogen-bond donors (Lipinski definition) is 1. The van der Waals surface area contributed by atoms with E-state index in [9.17, 15) is 5.11 Å². The molecule has 1 aliphatic rings. The average Bonchev–Trinajstić information content (AvgIpc) is 2.40. The summed E-state index contributed by atoms with van der Waals surface area (Å²) in [6.07, 6.45) is 2.14. The normalized spacial score (nSPS) is 18.9. The largest absolute Gasteiger partial charge is 0.490 e. The second kappa shape index (κ2) is 6.03. The van der Waals surface area contributed by atoms with Crippen molar-refractivity contribution in [3.8, 4) is 5.75 Å². The Bertz CT molecular complexity index is 345. The number of hydrogen-bond acceptors (Lipinski definition) is 3. The van der Waals surface area contributed by atoms with Gasteiger partial charge in [0.05, 0.1) is 13.2 Å². The first kappa shape index (κ1) is 12.4. The molecule has 0 bridgehead atoms. The number of ether oxygens (including phenoxy) is 2. The van der Waals surface area contributed by atoms with Crippen LogP contribution >= 0.6 is 0 Å². The van der Waals surface area contributed by atoms with E-state index in [4.69, 9.17) is 9.47 Å². The fraction of sp³-hybridized carbons (Fsp3) is 0.571. The Morgan fingerprint density at radius 3 is 2.76 bits per heavy atom. The molecule has 1 aliphatic heterocycles. The number of benzene rings is 1. The van der Waals surface area contributed by atoms with E-state index in [0.717, 1.165) is 37.4 Å². The number of rotatable bonds is 4. The van der Waals surface area contributed by atoms with Crippen molar-refractivity contribution in [2.75, 3.05) is 19.8 Å². The molecule has 1 fully saturated rings. The Labute approximate surface area is 102 Å². The minimum atomic E-state index is 0.117. The van der Waals surface area contributed by atoms with Crippen molar-refractivity contribution < 1.29 is 14.6 Å². The first-order valence-corrected chi connectivity index (χ1v) is 6.25. The minimum Gasteiger partial charge on any atom is -0.490 e. The summed E-state index contributed by atoms with van der Waals surface area (Å²) < 4.78 is 11.3. The molecule has 1 N–H and O–H groups in total. The molecule has 1 atom stereocenters. The third kappa shape index (κ3) is 3.20. The van der Waals surface area contributed by atoms with Gasteiger partial charge in [-0.3, -0.25) is 0 Å². The fourth-order valence-corrected chi connectivity index (χ4v) is 2.07. The smallest absolute Gasteiger partial charge is 0.123 e.